The zero-order valence-corrected chi connectivity index (χ0v) is 33.1. The fourth-order valence-electron chi connectivity index (χ4n) is 8.78. The second-order valence-electron chi connectivity index (χ2n) is 17.3. The number of carbonyl (C=O) groups is 3. The summed E-state index contributed by atoms with van der Waals surface area (Å²) in [5, 5.41) is 21.5. The van der Waals surface area contributed by atoms with Gasteiger partial charge in [0.15, 0.2) is 5.79 Å². The van der Waals surface area contributed by atoms with Gasteiger partial charge in [0.25, 0.3) is 0 Å². The second-order valence-corrected chi connectivity index (χ2v) is 17.3. The van der Waals surface area contributed by atoms with E-state index in [-0.39, 0.29) is 67.5 Å². The standard InChI is InChI=1S/2C21H37BO3.2CH4/c1-4-5-12-20(2,3)21(24)13-11-17-16(10-8-6-7-9-14-22)18(23)15-19(17)25-21;1-4-5-13-21(2,3)20(25)12-11-17-16(18(23)15-19(17)24)10-8-6-7-9-14-22;;/h2*16-17,19,24H,4-15H2,1-3H3;2*1H4/t16-,17-,19-,21-;16-,17-,19-;;/m11../s1. The van der Waals surface area contributed by atoms with Crippen LogP contribution in [0.1, 0.15) is 198 Å². The van der Waals surface area contributed by atoms with Crippen LogP contribution >= 0.6 is 0 Å². The van der Waals surface area contributed by atoms with E-state index in [1.54, 1.807) is 0 Å². The number of hydrogen-bond acceptors (Lipinski definition) is 6. The lowest BCUT2D eigenvalue weighted by atomic mass is 9.72. The largest absolute Gasteiger partial charge is 0.392 e. The highest BCUT2D eigenvalue weighted by molar-refractivity contribution is 6.08. The van der Waals surface area contributed by atoms with E-state index in [0.717, 1.165) is 122 Å². The van der Waals surface area contributed by atoms with Gasteiger partial charge in [-0.05, 0) is 50.4 Å². The predicted octanol–water partition coefficient (Wildman–Crippen LogP) is 10.7. The van der Waals surface area contributed by atoms with E-state index in [0.29, 0.717) is 37.4 Å². The first kappa shape index (κ1) is 51.0. The van der Waals surface area contributed by atoms with Crippen LogP contribution in [0.4, 0.5) is 0 Å². The quantitative estimate of drug-likeness (QED) is 0.0802. The van der Waals surface area contributed by atoms with E-state index >= 15 is 0 Å². The predicted molar refractivity (Wildman–Crippen MR) is 220 cm³/mol. The van der Waals surface area contributed by atoms with Crippen LogP contribution in [0.5, 0.6) is 0 Å². The van der Waals surface area contributed by atoms with Crippen molar-refractivity contribution in [1.82, 2.24) is 0 Å². The molecule has 4 radical (unpaired) electrons. The van der Waals surface area contributed by atoms with Gasteiger partial charge in [0.1, 0.15) is 17.3 Å². The smallest absolute Gasteiger partial charge is 0.170 e. The maximum absolute atomic E-state index is 12.6. The molecule has 3 fully saturated rings. The Morgan fingerprint density at radius 2 is 1.29 bits per heavy atom. The van der Waals surface area contributed by atoms with Gasteiger partial charge in [-0.1, -0.05) is 146 Å². The Hall–Kier alpha value is -0.980. The van der Waals surface area contributed by atoms with E-state index in [1.807, 2.05) is 13.8 Å². The Bertz CT molecular complexity index is 1010. The van der Waals surface area contributed by atoms with Gasteiger partial charge in [0, 0.05) is 48.3 Å². The van der Waals surface area contributed by atoms with E-state index in [9.17, 15) is 24.6 Å². The summed E-state index contributed by atoms with van der Waals surface area (Å²) in [6.07, 6.45) is 21.1. The maximum Gasteiger partial charge on any atom is 0.170 e. The number of fused-ring (bicyclic) bond motifs is 1. The molecule has 0 spiro atoms. The molecule has 2 N–H and O–H groups in total. The van der Waals surface area contributed by atoms with Crippen molar-refractivity contribution < 1.29 is 29.3 Å². The van der Waals surface area contributed by atoms with Gasteiger partial charge >= 0.3 is 0 Å². The third-order valence-corrected chi connectivity index (χ3v) is 12.6. The Morgan fingerprint density at radius 3 is 1.85 bits per heavy atom. The first-order valence-electron chi connectivity index (χ1n) is 20.7. The van der Waals surface area contributed by atoms with Gasteiger partial charge in [-0.3, -0.25) is 14.4 Å². The Balaban J connectivity index is 0.000000963. The molecule has 0 aromatic carbocycles. The van der Waals surface area contributed by atoms with Gasteiger partial charge in [0.2, 0.25) is 0 Å². The molecule has 6 nitrogen and oxygen atoms in total. The summed E-state index contributed by atoms with van der Waals surface area (Å²) in [4.78, 5) is 37.3. The minimum Gasteiger partial charge on any atom is -0.392 e. The summed E-state index contributed by atoms with van der Waals surface area (Å²) < 4.78 is 6.22. The summed E-state index contributed by atoms with van der Waals surface area (Å²) >= 11 is 0. The lowest BCUT2D eigenvalue weighted by Gasteiger charge is -2.48. The normalized spacial score (nSPS) is 27.3. The molecular weight excluding hydrogens is 646 g/mol. The fraction of sp³-hybridized carbons (Fsp3) is 0.932. The van der Waals surface area contributed by atoms with Crippen molar-refractivity contribution in [2.24, 2.45) is 34.5 Å². The lowest BCUT2D eigenvalue weighted by molar-refractivity contribution is -0.316. The lowest BCUT2D eigenvalue weighted by Crippen LogP contribution is -2.53. The minimum atomic E-state index is -1.08. The number of aliphatic hydroxyl groups is 2. The molecule has 0 bridgehead atoms. The van der Waals surface area contributed by atoms with Crippen LogP contribution in [0.25, 0.3) is 0 Å². The molecule has 300 valence electrons. The number of hydrogen-bond donors (Lipinski definition) is 2. The van der Waals surface area contributed by atoms with Gasteiger partial charge in [-0.25, -0.2) is 0 Å². The molecular formula is C44H82B2O6. The third-order valence-electron chi connectivity index (χ3n) is 12.6. The van der Waals surface area contributed by atoms with Crippen LogP contribution in [0, 0.1) is 34.5 Å². The topological polar surface area (TPSA) is 101 Å². The molecule has 0 amide bonds. The summed E-state index contributed by atoms with van der Waals surface area (Å²) in [5.41, 5.74) is -0.557. The third kappa shape index (κ3) is 15.3. The summed E-state index contributed by atoms with van der Waals surface area (Å²) in [6, 6.07) is 0. The molecule has 2 aliphatic carbocycles. The summed E-state index contributed by atoms with van der Waals surface area (Å²) in [6.45, 7) is 12.6. The van der Waals surface area contributed by atoms with Crippen molar-refractivity contribution in [2.75, 3.05) is 0 Å². The molecule has 3 rings (SSSR count). The molecule has 0 aromatic rings. The van der Waals surface area contributed by atoms with Crippen LogP contribution in [-0.4, -0.2) is 61.3 Å². The SMILES string of the molecule is C.C.[B]CCCCCC[C@H]1C(=O)C[C@@H](O)[C@@H]1CCC(=O)C(C)(C)CCCC.[B]CCCCCC[C@H]1C(=O)C[C@H]2O[C@@](O)(C(C)(C)CCCC)CC[C@@H]21. The van der Waals surface area contributed by atoms with E-state index in [4.69, 9.17) is 20.4 Å². The Labute approximate surface area is 324 Å². The van der Waals surface area contributed by atoms with Crippen molar-refractivity contribution in [2.45, 2.75) is 228 Å². The number of rotatable bonds is 23. The summed E-state index contributed by atoms with van der Waals surface area (Å²) in [7, 11) is 11.0. The van der Waals surface area contributed by atoms with Gasteiger partial charge in [-0.2, -0.15) is 0 Å². The zero-order chi connectivity index (χ0) is 37.4. The highest BCUT2D eigenvalue weighted by Gasteiger charge is 2.54. The van der Waals surface area contributed by atoms with Crippen LogP contribution in [0.2, 0.25) is 12.6 Å². The Kier molecular flexibility index (Phi) is 24.8. The zero-order valence-electron chi connectivity index (χ0n) is 33.1. The Morgan fingerprint density at radius 1 is 0.769 bits per heavy atom. The highest BCUT2D eigenvalue weighted by atomic mass is 16.6. The van der Waals surface area contributed by atoms with Crippen molar-refractivity contribution in [1.29, 1.82) is 0 Å². The highest BCUT2D eigenvalue weighted by Crippen LogP contribution is 2.50. The number of carbonyl (C=O) groups excluding carboxylic acids is 3. The monoisotopic (exact) mass is 729 g/mol. The molecule has 1 heterocycles. The van der Waals surface area contributed by atoms with Crippen molar-refractivity contribution in [3.8, 4) is 0 Å². The van der Waals surface area contributed by atoms with Gasteiger partial charge in [-0.15, -0.1) is 0 Å². The number of ether oxygens (including phenoxy) is 1. The minimum absolute atomic E-state index is 0. The number of ketones is 3. The molecule has 8 heteroatoms. The van der Waals surface area contributed by atoms with Crippen LogP contribution < -0.4 is 0 Å². The first-order valence-corrected chi connectivity index (χ1v) is 20.7. The van der Waals surface area contributed by atoms with Crippen molar-refractivity contribution in [3.63, 3.8) is 0 Å². The molecule has 0 aromatic heterocycles. The summed E-state index contributed by atoms with van der Waals surface area (Å²) in [5.74, 6) is 0.0926. The number of unbranched alkanes of at least 4 members (excludes halogenated alkanes) is 8. The molecule has 1 aliphatic heterocycles. The number of Topliss-reactive ketones (excluding diaryl/α,β-unsaturated/α-hetero) is 3. The van der Waals surface area contributed by atoms with Crippen molar-refractivity contribution in [3.05, 3.63) is 0 Å². The van der Waals surface area contributed by atoms with Crippen LogP contribution in [-0.2, 0) is 19.1 Å². The second kappa shape index (κ2) is 25.2. The van der Waals surface area contributed by atoms with Crippen molar-refractivity contribution >= 4 is 33.0 Å². The number of aliphatic hydroxyl groups excluding tert-OH is 1. The van der Waals surface area contributed by atoms with Gasteiger partial charge in [0.05, 0.1) is 27.9 Å². The molecule has 52 heavy (non-hydrogen) atoms. The van der Waals surface area contributed by atoms with E-state index in [1.165, 1.54) is 0 Å². The molecule has 2 saturated carbocycles. The average Bonchev–Trinajstić information content (AvgIpc) is 3.53. The molecule has 1 saturated heterocycles. The molecule has 3 aliphatic rings. The fourth-order valence-corrected chi connectivity index (χ4v) is 8.78. The van der Waals surface area contributed by atoms with Crippen LogP contribution in [0.15, 0.2) is 0 Å². The molecule has 7 atom stereocenters. The average molecular weight is 729 g/mol. The molecule has 0 unspecified atom stereocenters. The van der Waals surface area contributed by atoms with E-state index < -0.39 is 11.9 Å². The maximum atomic E-state index is 12.6. The van der Waals surface area contributed by atoms with Crippen LogP contribution in [0.3, 0.4) is 0 Å². The van der Waals surface area contributed by atoms with E-state index in [2.05, 4.69) is 27.7 Å². The van der Waals surface area contributed by atoms with Gasteiger partial charge < -0.3 is 14.9 Å². The first-order chi connectivity index (χ1) is 23.7.